The average molecular weight is 244 g/mol. The third kappa shape index (κ3) is 3.30. The van der Waals surface area contributed by atoms with E-state index in [1.54, 1.807) is 12.1 Å². The maximum absolute atomic E-state index is 8.74. The van der Waals surface area contributed by atoms with Crippen molar-refractivity contribution in [3.8, 4) is 11.8 Å². The second-order valence-electron chi connectivity index (χ2n) is 3.04. The normalized spacial score (nSPS) is 11.9. The summed E-state index contributed by atoms with van der Waals surface area (Å²) in [6.07, 6.45) is 0.175. The van der Waals surface area contributed by atoms with Crippen molar-refractivity contribution < 1.29 is 4.74 Å². The molecule has 0 amide bonds. The fourth-order valence-electron chi connectivity index (χ4n) is 1.08. The Morgan fingerprint density at radius 1 is 1.53 bits per heavy atom. The molecule has 1 rings (SSSR count). The summed E-state index contributed by atoms with van der Waals surface area (Å²) in [5.74, 6) is 0.939. The molecule has 0 N–H and O–H groups in total. The van der Waals surface area contributed by atoms with Crippen LogP contribution >= 0.6 is 23.2 Å². The van der Waals surface area contributed by atoms with Gasteiger partial charge in [-0.05, 0) is 24.1 Å². The molecule has 0 aliphatic heterocycles. The Balaban J connectivity index is 2.83. The van der Waals surface area contributed by atoms with Crippen molar-refractivity contribution in [1.29, 1.82) is 5.26 Å². The molecule has 0 spiro atoms. The summed E-state index contributed by atoms with van der Waals surface area (Å²) < 4.78 is 5.41. The zero-order chi connectivity index (χ0) is 11.3. The summed E-state index contributed by atoms with van der Waals surface area (Å²) in [6, 6.07) is 7.36. The lowest BCUT2D eigenvalue weighted by Gasteiger charge is -2.12. The van der Waals surface area contributed by atoms with Crippen LogP contribution in [0.15, 0.2) is 18.2 Å². The monoisotopic (exact) mass is 243 g/mol. The molecule has 1 aromatic carbocycles. The van der Waals surface area contributed by atoms with E-state index in [-0.39, 0.29) is 0 Å². The molecule has 80 valence electrons. The minimum absolute atomic E-state index is 0.412. The highest BCUT2D eigenvalue weighted by molar-refractivity contribution is 6.32. The molecule has 0 saturated carbocycles. The first-order valence-electron chi connectivity index (χ1n) is 4.62. The van der Waals surface area contributed by atoms with Gasteiger partial charge in [0.15, 0.2) is 6.10 Å². The Morgan fingerprint density at radius 3 is 2.73 bits per heavy atom. The first-order chi connectivity index (χ1) is 7.21. The zero-order valence-corrected chi connectivity index (χ0v) is 9.85. The van der Waals surface area contributed by atoms with E-state index in [1.807, 2.05) is 19.1 Å². The molecule has 0 radical (unpaired) electrons. The molecule has 0 aliphatic rings. The van der Waals surface area contributed by atoms with Gasteiger partial charge in [-0.2, -0.15) is 5.26 Å². The quantitative estimate of drug-likeness (QED) is 0.755. The lowest BCUT2D eigenvalue weighted by atomic mass is 10.2. The first kappa shape index (κ1) is 12.2. The van der Waals surface area contributed by atoms with Crippen molar-refractivity contribution in [1.82, 2.24) is 0 Å². The molecule has 1 aromatic rings. The number of hydrogen-bond acceptors (Lipinski definition) is 2. The van der Waals surface area contributed by atoms with Gasteiger partial charge in [0.2, 0.25) is 0 Å². The van der Waals surface area contributed by atoms with Gasteiger partial charge < -0.3 is 4.74 Å². The van der Waals surface area contributed by atoms with Gasteiger partial charge in [-0.3, -0.25) is 0 Å². The molecule has 0 fully saturated rings. The van der Waals surface area contributed by atoms with Crippen LogP contribution in [0.25, 0.3) is 0 Å². The van der Waals surface area contributed by atoms with E-state index in [9.17, 15) is 0 Å². The van der Waals surface area contributed by atoms with E-state index in [4.69, 9.17) is 33.2 Å². The van der Waals surface area contributed by atoms with Crippen LogP contribution < -0.4 is 4.74 Å². The van der Waals surface area contributed by atoms with E-state index in [0.717, 1.165) is 5.56 Å². The van der Waals surface area contributed by atoms with Gasteiger partial charge in [0.25, 0.3) is 0 Å². The van der Waals surface area contributed by atoms with E-state index in [1.165, 1.54) is 0 Å². The molecule has 0 bridgehead atoms. The molecule has 1 unspecified atom stereocenters. The smallest absolute Gasteiger partial charge is 0.184 e. The molecule has 0 aliphatic carbocycles. The summed E-state index contributed by atoms with van der Waals surface area (Å²) in [4.78, 5) is 0. The fourth-order valence-corrected chi connectivity index (χ4v) is 1.49. The highest BCUT2D eigenvalue weighted by Crippen LogP contribution is 2.27. The Kier molecular flexibility index (Phi) is 4.74. The second-order valence-corrected chi connectivity index (χ2v) is 3.72. The third-order valence-electron chi connectivity index (χ3n) is 1.93. The fraction of sp³-hybridized carbons (Fsp3) is 0.364. The molecule has 2 nitrogen and oxygen atoms in total. The van der Waals surface area contributed by atoms with Crippen molar-refractivity contribution in [2.45, 2.75) is 25.3 Å². The maximum atomic E-state index is 8.74. The molecule has 15 heavy (non-hydrogen) atoms. The van der Waals surface area contributed by atoms with Gasteiger partial charge >= 0.3 is 0 Å². The van der Waals surface area contributed by atoms with Gasteiger partial charge in [0, 0.05) is 5.88 Å². The Labute approximate surface area is 99.4 Å². The average Bonchev–Trinajstić information content (AvgIpc) is 2.27. The number of halogens is 2. The number of hydrogen-bond donors (Lipinski definition) is 0. The van der Waals surface area contributed by atoms with Gasteiger partial charge in [-0.15, -0.1) is 11.6 Å². The molecule has 0 aromatic heterocycles. The van der Waals surface area contributed by atoms with Crippen LogP contribution in [0.5, 0.6) is 5.75 Å². The number of alkyl halides is 1. The first-order valence-corrected chi connectivity index (χ1v) is 5.53. The zero-order valence-electron chi connectivity index (χ0n) is 8.34. The van der Waals surface area contributed by atoms with Gasteiger partial charge in [0.05, 0.1) is 5.02 Å². The minimum atomic E-state index is -0.454. The van der Waals surface area contributed by atoms with Gasteiger partial charge in [-0.1, -0.05) is 24.6 Å². The Bertz CT molecular complexity index is 373. The minimum Gasteiger partial charge on any atom is -0.474 e. The number of rotatable bonds is 4. The van der Waals surface area contributed by atoms with Crippen LogP contribution in [0.1, 0.15) is 18.9 Å². The largest absolute Gasteiger partial charge is 0.474 e. The number of ether oxygens (including phenoxy) is 1. The van der Waals surface area contributed by atoms with Gasteiger partial charge in [0.1, 0.15) is 11.8 Å². The summed E-state index contributed by atoms with van der Waals surface area (Å²) in [5.41, 5.74) is 0.930. The standard InChI is InChI=1S/C11H11Cl2NO/c1-2-9(7-14)15-11-4-3-8(6-12)5-10(11)13/h3-5,9H,2,6H2,1H3. The molecular formula is C11H11Cl2NO. The van der Waals surface area contributed by atoms with Crippen molar-refractivity contribution in [3.05, 3.63) is 28.8 Å². The van der Waals surface area contributed by atoms with Crippen molar-refractivity contribution in [3.63, 3.8) is 0 Å². The highest BCUT2D eigenvalue weighted by atomic mass is 35.5. The predicted octanol–water partition coefficient (Wildman–Crippen LogP) is 3.76. The van der Waals surface area contributed by atoms with Crippen molar-refractivity contribution >= 4 is 23.2 Å². The SMILES string of the molecule is CCC(C#N)Oc1ccc(CCl)cc1Cl. The Morgan fingerprint density at radius 2 is 2.27 bits per heavy atom. The Hall–Kier alpha value is -0.910. The second kappa shape index (κ2) is 5.85. The molecule has 0 heterocycles. The molecule has 4 heteroatoms. The van der Waals surface area contributed by atoms with E-state index in [0.29, 0.717) is 23.1 Å². The molecule has 0 saturated heterocycles. The summed E-state index contributed by atoms with van der Waals surface area (Å²) >= 11 is 11.6. The van der Waals surface area contributed by atoms with E-state index in [2.05, 4.69) is 0 Å². The summed E-state index contributed by atoms with van der Waals surface area (Å²) in [5, 5.41) is 9.23. The maximum Gasteiger partial charge on any atom is 0.184 e. The predicted molar refractivity (Wildman–Crippen MR) is 61.3 cm³/mol. The lowest BCUT2D eigenvalue weighted by molar-refractivity contribution is 0.252. The summed E-state index contributed by atoms with van der Waals surface area (Å²) in [6.45, 7) is 1.88. The van der Waals surface area contributed by atoms with Crippen molar-refractivity contribution in [2.75, 3.05) is 0 Å². The third-order valence-corrected chi connectivity index (χ3v) is 2.54. The van der Waals surface area contributed by atoms with E-state index >= 15 is 0 Å². The molecule has 1 atom stereocenters. The van der Waals surface area contributed by atoms with Gasteiger partial charge in [-0.25, -0.2) is 0 Å². The molecular weight excluding hydrogens is 233 g/mol. The van der Waals surface area contributed by atoms with Crippen LogP contribution in [0.2, 0.25) is 5.02 Å². The summed E-state index contributed by atoms with van der Waals surface area (Å²) in [7, 11) is 0. The lowest BCUT2D eigenvalue weighted by Crippen LogP contribution is -2.12. The number of nitrogens with zero attached hydrogens (tertiary/aromatic N) is 1. The number of nitriles is 1. The topological polar surface area (TPSA) is 33.0 Å². The van der Waals surface area contributed by atoms with E-state index < -0.39 is 6.10 Å². The van der Waals surface area contributed by atoms with Crippen LogP contribution in [-0.2, 0) is 5.88 Å². The highest BCUT2D eigenvalue weighted by Gasteiger charge is 2.09. The van der Waals surface area contributed by atoms with Crippen LogP contribution in [0.4, 0.5) is 0 Å². The van der Waals surface area contributed by atoms with Crippen molar-refractivity contribution in [2.24, 2.45) is 0 Å². The van der Waals surface area contributed by atoms with Crippen LogP contribution in [0, 0.1) is 11.3 Å². The van der Waals surface area contributed by atoms with Crippen LogP contribution in [-0.4, -0.2) is 6.10 Å². The number of benzene rings is 1. The van der Waals surface area contributed by atoms with Crippen LogP contribution in [0.3, 0.4) is 0 Å².